The summed E-state index contributed by atoms with van der Waals surface area (Å²) in [5, 5.41) is 0. The molecule has 0 saturated carbocycles. The molecule has 0 aromatic heterocycles. The first kappa shape index (κ1) is 10.3. The van der Waals surface area contributed by atoms with Gasteiger partial charge in [-0.3, -0.25) is 0 Å². The minimum atomic E-state index is 0.192. The molecule has 0 N–H and O–H groups in total. The Morgan fingerprint density at radius 3 is 2.73 bits per heavy atom. The maximum atomic E-state index is 3.85. The van der Waals surface area contributed by atoms with Gasteiger partial charge in [-0.15, -0.1) is 6.58 Å². The van der Waals surface area contributed by atoms with Gasteiger partial charge in [0, 0.05) is 23.7 Å². The van der Waals surface area contributed by atoms with Crippen molar-refractivity contribution >= 4 is 5.69 Å². The molecule has 1 atom stereocenters. The summed E-state index contributed by atoms with van der Waals surface area (Å²) in [6, 6.07) is 8.70. The summed E-state index contributed by atoms with van der Waals surface area (Å²) in [6.45, 7) is 11.7. The first-order valence-electron chi connectivity index (χ1n) is 5.56. The van der Waals surface area contributed by atoms with Crippen molar-refractivity contribution in [2.45, 2.75) is 32.2 Å². The van der Waals surface area contributed by atoms with Gasteiger partial charge in [-0.2, -0.15) is 0 Å². The molecule has 1 aromatic rings. The third kappa shape index (κ3) is 1.38. The van der Waals surface area contributed by atoms with Crippen LogP contribution in [0.4, 0.5) is 5.69 Å². The third-order valence-electron chi connectivity index (χ3n) is 3.76. The van der Waals surface area contributed by atoms with Gasteiger partial charge < -0.3 is 4.90 Å². The van der Waals surface area contributed by atoms with Crippen LogP contribution in [0.2, 0.25) is 0 Å². The Kier molecular flexibility index (Phi) is 2.34. The fourth-order valence-corrected chi connectivity index (χ4v) is 2.49. The second-order valence-electron chi connectivity index (χ2n) is 4.83. The molecule has 1 aromatic carbocycles. The molecule has 2 rings (SSSR count). The van der Waals surface area contributed by atoms with Crippen molar-refractivity contribution in [2.75, 3.05) is 11.4 Å². The van der Waals surface area contributed by atoms with Crippen molar-refractivity contribution in [2.24, 2.45) is 0 Å². The number of benzene rings is 1. The van der Waals surface area contributed by atoms with Crippen LogP contribution >= 0.6 is 0 Å². The molecule has 15 heavy (non-hydrogen) atoms. The van der Waals surface area contributed by atoms with Crippen LogP contribution in [0.3, 0.4) is 0 Å². The number of para-hydroxylation sites is 1. The van der Waals surface area contributed by atoms with Crippen LogP contribution in [-0.4, -0.2) is 12.1 Å². The van der Waals surface area contributed by atoms with E-state index in [2.05, 4.69) is 56.5 Å². The Morgan fingerprint density at radius 1 is 1.40 bits per heavy atom. The number of anilines is 1. The molecule has 0 amide bonds. The summed E-state index contributed by atoms with van der Waals surface area (Å²) in [5.74, 6) is 0.577. The summed E-state index contributed by atoms with van der Waals surface area (Å²) in [5.41, 5.74) is 3.02. The van der Waals surface area contributed by atoms with E-state index in [9.17, 15) is 0 Å². The number of hydrogen-bond donors (Lipinski definition) is 0. The average molecular weight is 201 g/mol. The van der Waals surface area contributed by atoms with Crippen LogP contribution in [0.1, 0.15) is 32.3 Å². The maximum absolute atomic E-state index is 3.85. The third-order valence-corrected chi connectivity index (χ3v) is 3.76. The molecule has 1 nitrogen and oxygen atoms in total. The van der Waals surface area contributed by atoms with Crippen molar-refractivity contribution in [1.29, 1.82) is 0 Å². The molecule has 1 aliphatic rings. The van der Waals surface area contributed by atoms with Gasteiger partial charge in [0.05, 0.1) is 0 Å². The van der Waals surface area contributed by atoms with Crippen LogP contribution in [0.25, 0.3) is 0 Å². The van der Waals surface area contributed by atoms with E-state index < -0.39 is 0 Å². The predicted octanol–water partition coefficient (Wildman–Crippen LogP) is 3.57. The molecule has 80 valence electrons. The van der Waals surface area contributed by atoms with E-state index in [-0.39, 0.29) is 5.54 Å². The first-order chi connectivity index (χ1) is 7.09. The molecule has 0 aliphatic carbocycles. The molecule has 0 fully saturated rings. The highest BCUT2D eigenvalue weighted by Gasteiger charge is 2.41. The highest BCUT2D eigenvalue weighted by molar-refractivity contribution is 5.63. The lowest BCUT2D eigenvalue weighted by Gasteiger charge is -2.36. The summed E-state index contributed by atoms with van der Waals surface area (Å²) >= 11 is 0. The fourth-order valence-electron chi connectivity index (χ4n) is 2.49. The number of rotatable bonds is 2. The molecule has 0 saturated heterocycles. The SMILES string of the molecule is C=CCN1c2ccccc2C(C)C1(C)C. The van der Waals surface area contributed by atoms with Crippen molar-refractivity contribution in [3.63, 3.8) is 0 Å². The fraction of sp³-hybridized carbons (Fsp3) is 0.429. The molecule has 1 unspecified atom stereocenters. The van der Waals surface area contributed by atoms with Gasteiger partial charge >= 0.3 is 0 Å². The van der Waals surface area contributed by atoms with Gasteiger partial charge in [-0.05, 0) is 25.5 Å². The predicted molar refractivity (Wildman–Crippen MR) is 66.5 cm³/mol. The van der Waals surface area contributed by atoms with E-state index in [0.717, 1.165) is 6.54 Å². The lowest BCUT2D eigenvalue weighted by atomic mass is 9.87. The zero-order valence-electron chi connectivity index (χ0n) is 9.83. The van der Waals surface area contributed by atoms with Crippen molar-refractivity contribution in [1.82, 2.24) is 0 Å². The average Bonchev–Trinajstić information content (AvgIpc) is 2.41. The number of fused-ring (bicyclic) bond motifs is 1. The van der Waals surface area contributed by atoms with Crippen LogP contribution < -0.4 is 4.90 Å². The summed E-state index contributed by atoms with van der Waals surface area (Å²) < 4.78 is 0. The molecule has 0 spiro atoms. The van der Waals surface area contributed by atoms with E-state index >= 15 is 0 Å². The summed E-state index contributed by atoms with van der Waals surface area (Å²) in [6.07, 6.45) is 1.98. The maximum Gasteiger partial charge on any atom is 0.0416 e. The Bertz CT molecular complexity index is 379. The highest BCUT2D eigenvalue weighted by Crippen LogP contribution is 2.46. The smallest absolute Gasteiger partial charge is 0.0416 e. The Labute approximate surface area is 92.4 Å². The quantitative estimate of drug-likeness (QED) is 0.661. The monoisotopic (exact) mass is 201 g/mol. The lowest BCUT2D eigenvalue weighted by Crippen LogP contribution is -2.42. The molecular weight excluding hydrogens is 182 g/mol. The molecule has 0 radical (unpaired) electrons. The molecule has 1 heteroatoms. The second-order valence-corrected chi connectivity index (χ2v) is 4.83. The molecule has 1 aliphatic heterocycles. The van der Waals surface area contributed by atoms with Crippen molar-refractivity contribution in [3.05, 3.63) is 42.5 Å². The second kappa shape index (κ2) is 3.41. The minimum Gasteiger partial charge on any atom is -0.362 e. The Morgan fingerprint density at radius 2 is 2.07 bits per heavy atom. The van der Waals surface area contributed by atoms with Crippen LogP contribution in [0.5, 0.6) is 0 Å². The summed E-state index contributed by atoms with van der Waals surface area (Å²) in [4.78, 5) is 2.44. The van der Waals surface area contributed by atoms with E-state index in [1.54, 1.807) is 0 Å². The van der Waals surface area contributed by atoms with Crippen LogP contribution in [0.15, 0.2) is 36.9 Å². The van der Waals surface area contributed by atoms with E-state index in [1.807, 2.05) is 6.08 Å². The largest absolute Gasteiger partial charge is 0.362 e. The Balaban J connectivity index is 2.51. The van der Waals surface area contributed by atoms with E-state index in [0.29, 0.717) is 5.92 Å². The van der Waals surface area contributed by atoms with E-state index in [1.165, 1.54) is 11.3 Å². The van der Waals surface area contributed by atoms with Crippen molar-refractivity contribution < 1.29 is 0 Å². The first-order valence-corrected chi connectivity index (χ1v) is 5.56. The van der Waals surface area contributed by atoms with Gasteiger partial charge in [0.15, 0.2) is 0 Å². The topological polar surface area (TPSA) is 3.24 Å². The van der Waals surface area contributed by atoms with E-state index in [4.69, 9.17) is 0 Å². The van der Waals surface area contributed by atoms with Gasteiger partial charge in [0.25, 0.3) is 0 Å². The molecule has 1 heterocycles. The zero-order chi connectivity index (χ0) is 11.1. The van der Waals surface area contributed by atoms with Gasteiger partial charge in [0.2, 0.25) is 0 Å². The van der Waals surface area contributed by atoms with Crippen LogP contribution in [-0.2, 0) is 0 Å². The summed E-state index contributed by atoms with van der Waals surface area (Å²) in [7, 11) is 0. The molecular formula is C14H19N. The minimum absolute atomic E-state index is 0.192. The van der Waals surface area contributed by atoms with Crippen LogP contribution in [0, 0.1) is 0 Å². The normalized spacial score (nSPS) is 22.6. The number of nitrogens with zero attached hydrogens (tertiary/aromatic N) is 1. The Hall–Kier alpha value is -1.24. The zero-order valence-corrected chi connectivity index (χ0v) is 9.83. The van der Waals surface area contributed by atoms with Gasteiger partial charge in [-0.1, -0.05) is 31.2 Å². The van der Waals surface area contributed by atoms with Gasteiger partial charge in [-0.25, -0.2) is 0 Å². The van der Waals surface area contributed by atoms with Gasteiger partial charge in [0.1, 0.15) is 0 Å². The molecule has 0 bridgehead atoms. The standard InChI is InChI=1S/C14H19N/c1-5-10-15-13-9-7-6-8-12(13)11(2)14(15,3)4/h5-9,11H,1,10H2,2-4H3. The lowest BCUT2D eigenvalue weighted by molar-refractivity contribution is 0.434. The highest BCUT2D eigenvalue weighted by atomic mass is 15.2. The number of hydrogen-bond acceptors (Lipinski definition) is 1. The van der Waals surface area contributed by atoms with Crippen molar-refractivity contribution in [3.8, 4) is 0 Å².